The molecule has 1 aromatic heterocycles. The summed E-state index contributed by atoms with van der Waals surface area (Å²) in [5, 5.41) is 12.1. The Hall–Kier alpha value is -2.19. The van der Waals surface area contributed by atoms with Gasteiger partial charge in [0.1, 0.15) is 16.9 Å². The van der Waals surface area contributed by atoms with Crippen LogP contribution in [-0.2, 0) is 29.0 Å². The molecule has 2 aliphatic heterocycles. The first kappa shape index (κ1) is 19.1. The summed E-state index contributed by atoms with van der Waals surface area (Å²) in [7, 11) is 0. The molecule has 2 aromatic rings. The van der Waals surface area contributed by atoms with Crippen molar-refractivity contribution in [3.63, 3.8) is 0 Å². The SMILES string of the molecule is O=C(C[C@H]1SC(Cc2nnc3n2CCCCC3)=NC1=O)Nc1cccc(Cl)c1. The van der Waals surface area contributed by atoms with Crippen LogP contribution in [0.15, 0.2) is 29.3 Å². The molecule has 0 unspecified atom stereocenters. The van der Waals surface area contributed by atoms with Gasteiger partial charge in [0, 0.05) is 30.1 Å². The third kappa shape index (κ3) is 4.44. The second-order valence-corrected chi connectivity index (χ2v) is 8.60. The van der Waals surface area contributed by atoms with Crippen molar-refractivity contribution < 1.29 is 9.59 Å². The highest BCUT2D eigenvalue weighted by molar-refractivity contribution is 8.15. The smallest absolute Gasteiger partial charge is 0.260 e. The van der Waals surface area contributed by atoms with Gasteiger partial charge in [0.15, 0.2) is 0 Å². The molecule has 2 amide bonds. The minimum atomic E-state index is -0.499. The summed E-state index contributed by atoms with van der Waals surface area (Å²) in [4.78, 5) is 28.7. The molecule has 0 spiro atoms. The second-order valence-electron chi connectivity index (χ2n) is 6.88. The first-order valence-electron chi connectivity index (χ1n) is 9.33. The molecule has 0 bridgehead atoms. The predicted molar refractivity (Wildman–Crippen MR) is 110 cm³/mol. The van der Waals surface area contributed by atoms with E-state index in [1.54, 1.807) is 24.3 Å². The number of aryl methyl sites for hydroxylation is 1. The number of rotatable bonds is 5. The molecule has 28 heavy (non-hydrogen) atoms. The van der Waals surface area contributed by atoms with E-state index >= 15 is 0 Å². The van der Waals surface area contributed by atoms with E-state index in [4.69, 9.17) is 11.6 Å². The highest BCUT2D eigenvalue weighted by Gasteiger charge is 2.31. The average molecular weight is 418 g/mol. The number of nitrogens with one attached hydrogen (secondary N) is 1. The van der Waals surface area contributed by atoms with Crippen LogP contribution in [0.2, 0.25) is 5.02 Å². The number of hydrogen-bond donors (Lipinski definition) is 1. The van der Waals surface area contributed by atoms with Gasteiger partial charge in [-0.3, -0.25) is 9.59 Å². The van der Waals surface area contributed by atoms with Crippen molar-refractivity contribution in [1.29, 1.82) is 0 Å². The van der Waals surface area contributed by atoms with Crippen LogP contribution in [0.25, 0.3) is 0 Å². The molecular formula is C19H20ClN5O2S. The molecular weight excluding hydrogens is 398 g/mol. The molecule has 2 aliphatic rings. The minimum absolute atomic E-state index is 0.0704. The Morgan fingerprint density at radius 2 is 2.18 bits per heavy atom. The van der Waals surface area contributed by atoms with Gasteiger partial charge in [-0.25, -0.2) is 4.99 Å². The van der Waals surface area contributed by atoms with E-state index in [9.17, 15) is 9.59 Å². The highest BCUT2D eigenvalue weighted by atomic mass is 35.5. The number of aromatic nitrogens is 3. The fraction of sp³-hybridized carbons (Fsp3) is 0.421. The van der Waals surface area contributed by atoms with Gasteiger partial charge < -0.3 is 9.88 Å². The number of carbonyl (C=O) groups excluding carboxylic acids is 2. The molecule has 4 rings (SSSR count). The van der Waals surface area contributed by atoms with Crippen LogP contribution in [0.3, 0.4) is 0 Å². The Morgan fingerprint density at radius 1 is 1.29 bits per heavy atom. The summed E-state index contributed by atoms with van der Waals surface area (Å²) in [6, 6.07) is 6.92. The second kappa shape index (κ2) is 8.45. The van der Waals surface area contributed by atoms with Crippen molar-refractivity contribution in [2.75, 3.05) is 5.32 Å². The zero-order valence-electron chi connectivity index (χ0n) is 15.2. The summed E-state index contributed by atoms with van der Waals surface area (Å²) in [6.07, 6.45) is 4.94. The largest absolute Gasteiger partial charge is 0.326 e. The van der Waals surface area contributed by atoms with Crippen LogP contribution < -0.4 is 5.32 Å². The standard InChI is InChI=1S/C19H20ClN5O2S/c20-12-5-4-6-13(9-12)21-17(26)10-14-19(27)22-18(28-14)11-16-24-23-15-7-2-1-3-8-25(15)16/h4-6,9,14H,1-3,7-8,10-11H2,(H,21,26)/t14-/m1/s1. The number of fused-ring (bicyclic) bond motifs is 1. The van der Waals surface area contributed by atoms with Crippen LogP contribution in [0.5, 0.6) is 0 Å². The monoisotopic (exact) mass is 417 g/mol. The summed E-state index contributed by atoms with van der Waals surface area (Å²) in [5.41, 5.74) is 0.611. The van der Waals surface area contributed by atoms with E-state index in [0.29, 0.717) is 22.2 Å². The summed E-state index contributed by atoms with van der Waals surface area (Å²) < 4.78 is 2.15. The van der Waals surface area contributed by atoms with Crippen LogP contribution in [-0.4, -0.2) is 36.9 Å². The summed E-state index contributed by atoms with van der Waals surface area (Å²) in [6.45, 7) is 0.912. The highest BCUT2D eigenvalue weighted by Crippen LogP contribution is 2.28. The Kier molecular flexibility index (Phi) is 5.77. The third-order valence-electron chi connectivity index (χ3n) is 4.76. The first-order valence-corrected chi connectivity index (χ1v) is 10.6. The Labute approximate surface area is 172 Å². The Balaban J connectivity index is 1.35. The molecule has 0 fully saturated rings. The lowest BCUT2D eigenvalue weighted by atomic mass is 10.2. The van der Waals surface area contributed by atoms with E-state index < -0.39 is 5.25 Å². The fourth-order valence-electron chi connectivity index (χ4n) is 3.40. The molecule has 7 nitrogen and oxygen atoms in total. The molecule has 1 atom stereocenters. The zero-order valence-corrected chi connectivity index (χ0v) is 16.8. The van der Waals surface area contributed by atoms with Crippen molar-refractivity contribution in [2.45, 2.75) is 50.3 Å². The average Bonchev–Trinajstić information content (AvgIpc) is 3.08. The molecule has 3 heterocycles. The maximum atomic E-state index is 12.3. The lowest BCUT2D eigenvalue weighted by Crippen LogP contribution is -2.21. The van der Waals surface area contributed by atoms with Crippen molar-refractivity contribution in [1.82, 2.24) is 14.8 Å². The van der Waals surface area contributed by atoms with E-state index in [0.717, 1.165) is 37.5 Å². The fourth-order valence-corrected chi connectivity index (χ4v) is 4.67. The molecule has 9 heteroatoms. The van der Waals surface area contributed by atoms with Gasteiger partial charge in [-0.05, 0) is 31.0 Å². The van der Waals surface area contributed by atoms with Gasteiger partial charge in [0.2, 0.25) is 5.91 Å². The summed E-state index contributed by atoms with van der Waals surface area (Å²) in [5.74, 6) is 1.36. The normalized spacial score (nSPS) is 19.1. The van der Waals surface area contributed by atoms with E-state index in [-0.39, 0.29) is 18.2 Å². The van der Waals surface area contributed by atoms with Crippen molar-refractivity contribution in [3.8, 4) is 0 Å². The molecule has 1 aromatic carbocycles. The molecule has 1 N–H and O–H groups in total. The van der Waals surface area contributed by atoms with Gasteiger partial charge in [-0.1, -0.05) is 35.9 Å². The van der Waals surface area contributed by atoms with Crippen LogP contribution in [0.4, 0.5) is 5.69 Å². The summed E-state index contributed by atoms with van der Waals surface area (Å²) >= 11 is 7.28. The Bertz CT molecular complexity index is 942. The molecule has 0 aliphatic carbocycles. The maximum Gasteiger partial charge on any atom is 0.260 e. The number of carbonyl (C=O) groups is 2. The molecule has 0 saturated heterocycles. The molecule has 146 valence electrons. The van der Waals surface area contributed by atoms with E-state index in [1.165, 1.54) is 18.2 Å². The van der Waals surface area contributed by atoms with Gasteiger partial charge in [0.05, 0.1) is 11.5 Å². The number of amides is 2. The third-order valence-corrected chi connectivity index (χ3v) is 6.16. The van der Waals surface area contributed by atoms with Gasteiger partial charge in [-0.15, -0.1) is 10.2 Å². The van der Waals surface area contributed by atoms with E-state index in [2.05, 4.69) is 25.1 Å². The lowest BCUT2D eigenvalue weighted by Gasteiger charge is -2.09. The number of nitrogens with zero attached hydrogens (tertiary/aromatic N) is 4. The van der Waals surface area contributed by atoms with Gasteiger partial charge in [0.25, 0.3) is 5.91 Å². The number of halogens is 1. The predicted octanol–water partition coefficient (Wildman–Crippen LogP) is 3.27. The number of benzene rings is 1. The quantitative estimate of drug-likeness (QED) is 0.806. The molecule has 0 saturated carbocycles. The topological polar surface area (TPSA) is 89.2 Å². The number of thioether (sulfide) groups is 1. The van der Waals surface area contributed by atoms with Crippen LogP contribution in [0, 0.1) is 0 Å². The van der Waals surface area contributed by atoms with Crippen molar-refractivity contribution >= 4 is 45.9 Å². The van der Waals surface area contributed by atoms with Crippen LogP contribution in [0.1, 0.15) is 37.3 Å². The Morgan fingerprint density at radius 3 is 3.04 bits per heavy atom. The maximum absolute atomic E-state index is 12.3. The molecule has 0 radical (unpaired) electrons. The van der Waals surface area contributed by atoms with Gasteiger partial charge >= 0.3 is 0 Å². The first-order chi connectivity index (χ1) is 13.6. The van der Waals surface area contributed by atoms with E-state index in [1.807, 2.05) is 0 Å². The zero-order chi connectivity index (χ0) is 19.5. The van der Waals surface area contributed by atoms with Crippen molar-refractivity contribution in [3.05, 3.63) is 40.9 Å². The number of aliphatic imine (C=N–C) groups is 1. The number of anilines is 1. The van der Waals surface area contributed by atoms with Gasteiger partial charge in [-0.2, -0.15) is 0 Å². The number of hydrogen-bond acceptors (Lipinski definition) is 5. The lowest BCUT2D eigenvalue weighted by molar-refractivity contribution is -0.121. The van der Waals surface area contributed by atoms with Crippen molar-refractivity contribution in [2.24, 2.45) is 4.99 Å². The minimum Gasteiger partial charge on any atom is -0.326 e. The van der Waals surface area contributed by atoms with Crippen LogP contribution >= 0.6 is 23.4 Å².